The van der Waals surface area contributed by atoms with E-state index in [4.69, 9.17) is 0 Å². The van der Waals surface area contributed by atoms with Crippen LogP contribution >= 0.6 is 0 Å². The van der Waals surface area contributed by atoms with Crippen molar-refractivity contribution in [3.8, 4) is 17.2 Å². The molecule has 0 atom stereocenters. The lowest BCUT2D eigenvalue weighted by Gasteiger charge is -2.05. The van der Waals surface area contributed by atoms with Gasteiger partial charge < -0.3 is 0 Å². The van der Waals surface area contributed by atoms with Crippen LogP contribution in [0.3, 0.4) is 0 Å². The molecule has 0 amide bonds. The average Bonchev–Trinajstić information content (AvgIpc) is 3.24. The van der Waals surface area contributed by atoms with Crippen LogP contribution in [-0.2, 0) is 13.5 Å². The molecule has 0 unspecified atom stereocenters. The largest absolute Gasteiger partial charge is 0.275 e. The SMILES string of the molecule is Cn1ccc(-c2nnn(-c3cc(F)cc(Cc4cccnc4)c3)n2)n1. The zero-order valence-corrected chi connectivity index (χ0v) is 13.4. The molecule has 8 heteroatoms. The molecule has 1 aromatic carbocycles. The molecule has 0 saturated heterocycles. The molecular formula is C17H14FN7. The van der Waals surface area contributed by atoms with E-state index in [1.54, 1.807) is 29.3 Å². The molecule has 0 aliphatic carbocycles. The Bertz CT molecular complexity index is 1010. The van der Waals surface area contributed by atoms with Gasteiger partial charge in [0, 0.05) is 31.7 Å². The number of aromatic nitrogens is 7. The quantitative estimate of drug-likeness (QED) is 0.571. The first-order valence-electron chi connectivity index (χ1n) is 7.66. The topological polar surface area (TPSA) is 74.3 Å². The van der Waals surface area contributed by atoms with Crippen molar-refractivity contribution in [1.82, 2.24) is 35.0 Å². The standard InChI is InChI=1S/C17H14FN7/c1-24-6-4-16(21-24)17-20-23-25(22-17)15-9-13(8-14(18)10-15)7-12-3-2-5-19-11-12/h2-6,8-11H,7H2,1H3. The van der Waals surface area contributed by atoms with Crippen LogP contribution in [-0.4, -0.2) is 35.0 Å². The molecule has 7 nitrogen and oxygen atoms in total. The van der Waals surface area contributed by atoms with Crippen molar-refractivity contribution in [2.75, 3.05) is 0 Å². The van der Waals surface area contributed by atoms with Gasteiger partial charge in [-0.3, -0.25) is 9.67 Å². The molecular weight excluding hydrogens is 321 g/mol. The van der Waals surface area contributed by atoms with Gasteiger partial charge in [-0.2, -0.15) is 5.10 Å². The van der Waals surface area contributed by atoms with Crippen molar-refractivity contribution in [3.05, 3.63) is 71.9 Å². The number of nitrogens with zero attached hydrogens (tertiary/aromatic N) is 7. The fraction of sp³-hybridized carbons (Fsp3) is 0.118. The van der Waals surface area contributed by atoms with E-state index in [-0.39, 0.29) is 5.82 Å². The van der Waals surface area contributed by atoms with Crippen LogP contribution in [0.25, 0.3) is 17.2 Å². The Morgan fingerprint density at radius 3 is 2.76 bits per heavy atom. The van der Waals surface area contributed by atoms with Crippen molar-refractivity contribution in [2.24, 2.45) is 7.05 Å². The summed E-state index contributed by atoms with van der Waals surface area (Å²) >= 11 is 0. The maximum absolute atomic E-state index is 14.0. The molecule has 4 aromatic rings. The summed E-state index contributed by atoms with van der Waals surface area (Å²) in [7, 11) is 1.81. The maximum Gasteiger partial charge on any atom is 0.225 e. The van der Waals surface area contributed by atoms with Gasteiger partial charge in [0.25, 0.3) is 0 Å². The Labute approximate surface area is 142 Å². The van der Waals surface area contributed by atoms with Crippen LogP contribution in [0.5, 0.6) is 0 Å². The smallest absolute Gasteiger partial charge is 0.225 e. The second-order valence-electron chi connectivity index (χ2n) is 5.63. The monoisotopic (exact) mass is 335 g/mol. The normalized spacial score (nSPS) is 11.0. The summed E-state index contributed by atoms with van der Waals surface area (Å²) in [5.41, 5.74) is 2.92. The number of tetrazole rings is 1. The highest BCUT2D eigenvalue weighted by Gasteiger charge is 2.11. The fourth-order valence-corrected chi connectivity index (χ4v) is 2.55. The van der Waals surface area contributed by atoms with Crippen molar-refractivity contribution in [1.29, 1.82) is 0 Å². The van der Waals surface area contributed by atoms with E-state index in [2.05, 4.69) is 25.5 Å². The molecule has 0 saturated carbocycles. The summed E-state index contributed by atoms with van der Waals surface area (Å²) in [6, 6.07) is 10.3. The minimum Gasteiger partial charge on any atom is -0.275 e. The van der Waals surface area contributed by atoms with E-state index < -0.39 is 0 Å². The van der Waals surface area contributed by atoms with Gasteiger partial charge in [-0.25, -0.2) is 4.39 Å². The molecule has 0 N–H and O–H groups in total. The summed E-state index contributed by atoms with van der Waals surface area (Å²) in [6.45, 7) is 0. The summed E-state index contributed by atoms with van der Waals surface area (Å²) in [5, 5.41) is 16.5. The maximum atomic E-state index is 14.0. The Morgan fingerprint density at radius 2 is 2.00 bits per heavy atom. The van der Waals surface area contributed by atoms with Crippen LogP contribution in [0.4, 0.5) is 4.39 Å². The molecule has 0 aliphatic heterocycles. The Kier molecular flexibility index (Phi) is 3.77. The van der Waals surface area contributed by atoms with Gasteiger partial charge in [-0.05, 0) is 47.0 Å². The minimum absolute atomic E-state index is 0.354. The molecule has 0 spiro atoms. The fourth-order valence-electron chi connectivity index (χ4n) is 2.55. The number of benzene rings is 1. The van der Waals surface area contributed by atoms with Gasteiger partial charge in [-0.1, -0.05) is 6.07 Å². The predicted octanol–water partition coefficient (Wildman–Crippen LogP) is 2.19. The second kappa shape index (κ2) is 6.23. The third kappa shape index (κ3) is 3.27. The van der Waals surface area contributed by atoms with Crippen LogP contribution in [0.2, 0.25) is 0 Å². The Balaban J connectivity index is 1.65. The Morgan fingerprint density at radius 1 is 1.08 bits per heavy atom. The lowest BCUT2D eigenvalue weighted by molar-refractivity contribution is 0.619. The zero-order chi connectivity index (χ0) is 17.2. The average molecular weight is 335 g/mol. The van der Waals surface area contributed by atoms with E-state index in [0.29, 0.717) is 23.6 Å². The molecule has 0 fully saturated rings. The molecule has 0 radical (unpaired) electrons. The molecule has 124 valence electrons. The zero-order valence-electron chi connectivity index (χ0n) is 13.4. The van der Waals surface area contributed by atoms with Gasteiger partial charge in [0.15, 0.2) is 0 Å². The molecule has 3 aromatic heterocycles. The van der Waals surface area contributed by atoms with Crippen LogP contribution in [0.1, 0.15) is 11.1 Å². The summed E-state index contributed by atoms with van der Waals surface area (Å²) in [5.74, 6) is 0.0340. The number of aryl methyl sites for hydroxylation is 1. The van der Waals surface area contributed by atoms with Crippen LogP contribution in [0.15, 0.2) is 55.0 Å². The van der Waals surface area contributed by atoms with E-state index in [0.717, 1.165) is 11.1 Å². The first-order chi connectivity index (χ1) is 12.2. The molecule has 4 rings (SSSR count). The lowest BCUT2D eigenvalue weighted by atomic mass is 10.1. The van der Waals surface area contributed by atoms with Crippen molar-refractivity contribution in [2.45, 2.75) is 6.42 Å². The van der Waals surface area contributed by atoms with Gasteiger partial charge >= 0.3 is 0 Å². The highest BCUT2D eigenvalue weighted by Crippen LogP contribution is 2.17. The van der Waals surface area contributed by atoms with Crippen LogP contribution < -0.4 is 0 Å². The van der Waals surface area contributed by atoms with Gasteiger partial charge in [0.2, 0.25) is 5.82 Å². The van der Waals surface area contributed by atoms with Gasteiger partial charge in [-0.15, -0.1) is 15.0 Å². The second-order valence-corrected chi connectivity index (χ2v) is 5.63. The van der Waals surface area contributed by atoms with E-state index in [1.807, 2.05) is 25.2 Å². The summed E-state index contributed by atoms with van der Waals surface area (Å²) < 4.78 is 15.7. The number of halogens is 1. The predicted molar refractivity (Wildman–Crippen MR) is 88.4 cm³/mol. The summed E-state index contributed by atoms with van der Waals surface area (Å²) in [4.78, 5) is 5.39. The van der Waals surface area contributed by atoms with Crippen LogP contribution in [0, 0.1) is 5.82 Å². The number of rotatable bonds is 4. The van der Waals surface area contributed by atoms with Gasteiger partial charge in [0.1, 0.15) is 11.5 Å². The number of hydrogen-bond acceptors (Lipinski definition) is 5. The molecule has 0 aliphatic rings. The van der Waals surface area contributed by atoms with E-state index >= 15 is 0 Å². The number of pyridine rings is 1. The first kappa shape index (κ1) is 15.1. The Hall–Kier alpha value is -3.42. The van der Waals surface area contributed by atoms with Crippen molar-refractivity contribution >= 4 is 0 Å². The molecule has 25 heavy (non-hydrogen) atoms. The van der Waals surface area contributed by atoms with Crippen molar-refractivity contribution in [3.63, 3.8) is 0 Å². The van der Waals surface area contributed by atoms with Crippen molar-refractivity contribution < 1.29 is 4.39 Å². The number of hydrogen-bond donors (Lipinski definition) is 0. The van der Waals surface area contributed by atoms with Gasteiger partial charge in [0.05, 0.1) is 5.69 Å². The molecule has 0 bridgehead atoms. The van der Waals surface area contributed by atoms with E-state index in [9.17, 15) is 4.39 Å². The first-order valence-corrected chi connectivity index (χ1v) is 7.66. The molecule has 3 heterocycles. The summed E-state index contributed by atoms with van der Waals surface area (Å²) in [6.07, 6.45) is 5.83. The highest BCUT2D eigenvalue weighted by atomic mass is 19.1. The third-order valence-electron chi connectivity index (χ3n) is 3.66. The highest BCUT2D eigenvalue weighted by molar-refractivity contribution is 5.47. The minimum atomic E-state index is -0.354. The lowest BCUT2D eigenvalue weighted by Crippen LogP contribution is -2.02. The third-order valence-corrected chi connectivity index (χ3v) is 3.66. The van der Waals surface area contributed by atoms with E-state index in [1.165, 1.54) is 16.9 Å².